The van der Waals surface area contributed by atoms with E-state index in [0.29, 0.717) is 25.7 Å². The van der Waals surface area contributed by atoms with E-state index in [1.165, 1.54) is 0 Å². The molecule has 160 valence electrons. The van der Waals surface area contributed by atoms with Crippen molar-refractivity contribution in [3.63, 3.8) is 0 Å². The molecule has 0 radical (unpaired) electrons. The minimum Gasteiger partial charge on any atom is -0.382 e. The molecular weight excluding hydrogens is 368 g/mol. The number of nitrogens with one attached hydrogen (secondary N) is 2. The number of likely N-dealkylation sites (tertiary alicyclic amines) is 1. The molecule has 1 aromatic carbocycles. The van der Waals surface area contributed by atoms with Crippen LogP contribution in [-0.4, -0.2) is 63.8 Å². The molecule has 2 fully saturated rings. The molecule has 1 aromatic rings. The second-order valence-electron chi connectivity index (χ2n) is 7.89. The zero-order chi connectivity index (χ0) is 20.5. The van der Waals surface area contributed by atoms with Crippen LogP contribution in [0.5, 0.6) is 0 Å². The summed E-state index contributed by atoms with van der Waals surface area (Å²) in [5, 5.41) is 6.50. The van der Waals surface area contributed by atoms with Crippen molar-refractivity contribution in [2.24, 2.45) is 16.8 Å². The van der Waals surface area contributed by atoms with Crippen molar-refractivity contribution in [3.05, 3.63) is 29.8 Å². The molecule has 0 bridgehead atoms. The lowest BCUT2D eigenvalue weighted by atomic mass is 9.85. The highest BCUT2D eigenvalue weighted by atomic mass is 16.5. The zero-order valence-electron chi connectivity index (χ0n) is 17.7. The SMILES string of the molecule is CN=C(NCc1cccc(NC(=O)C2CCC2)c1)N1CCC(COCCOC)C1. The number of ether oxygens (including phenoxy) is 2. The molecule has 1 aliphatic carbocycles. The van der Waals surface area contributed by atoms with Crippen LogP contribution in [0.25, 0.3) is 0 Å². The fraction of sp³-hybridized carbons (Fsp3) is 0.636. The Kier molecular flexibility index (Phi) is 8.31. The van der Waals surface area contributed by atoms with Gasteiger partial charge in [0.15, 0.2) is 5.96 Å². The summed E-state index contributed by atoms with van der Waals surface area (Å²) in [6.07, 6.45) is 4.30. The fourth-order valence-electron chi connectivity index (χ4n) is 3.74. The van der Waals surface area contributed by atoms with Crippen LogP contribution in [0.4, 0.5) is 5.69 Å². The maximum atomic E-state index is 12.2. The minimum atomic E-state index is 0.146. The van der Waals surface area contributed by atoms with Crippen LogP contribution in [0, 0.1) is 11.8 Å². The van der Waals surface area contributed by atoms with Gasteiger partial charge in [-0.05, 0) is 37.0 Å². The van der Waals surface area contributed by atoms with Crippen LogP contribution < -0.4 is 10.6 Å². The highest BCUT2D eigenvalue weighted by Crippen LogP contribution is 2.27. The number of hydrogen-bond acceptors (Lipinski definition) is 4. The van der Waals surface area contributed by atoms with Crippen LogP contribution in [0.1, 0.15) is 31.2 Å². The quantitative estimate of drug-likeness (QED) is 0.377. The van der Waals surface area contributed by atoms with E-state index in [9.17, 15) is 4.79 Å². The molecule has 1 saturated carbocycles. The van der Waals surface area contributed by atoms with Crippen molar-refractivity contribution in [3.8, 4) is 0 Å². The summed E-state index contributed by atoms with van der Waals surface area (Å²) in [4.78, 5) is 18.9. The average Bonchev–Trinajstić information content (AvgIpc) is 3.13. The summed E-state index contributed by atoms with van der Waals surface area (Å²) < 4.78 is 10.7. The molecule has 1 amide bonds. The van der Waals surface area contributed by atoms with E-state index >= 15 is 0 Å². The normalized spacial score (nSPS) is 19.9. The summed E-state index contributed by atoms with van der Waals surface area (Å²) in [6, 6.07) is 8.03. The molecule has 2 aliphatic rings. The maximum Gasteiger partial charge on any atom is 0.227 e. The topological polar surface area (TPSA) is 75.2 Å². The summed E-state index contributed by atoms with van der Waals surface area (Å²) in [5.74, 6) is 1.77. The first-order valence-corrected chi connectivity index (χ1v) is 10.6. The molecule has 29 heavy (non-hydrogen) atoms. The summed E-state index contributed by atoms with van der Waals surface area (Å²) in [7, 11) is 3.51. The van der Waals surface area contributed by atoms with Crippen LogP contribution in [-0.2, 0) is 20.8 Å². The van der Waals surface area contributed by atoms with Gasteiger partial charge in [0, 0.05) is 51.3 Å². The maximum absolute atomic E-state index is 12.2. The molecular formula is C22H34N4O3. The number of aliphatic imine (C=N–C) groups is 1. The molecule has 7 nitrogen and oxygen atoms in total. The molecule has 1 heterocycles. The lowest BCUT2D eigenvalue weighted by Gasteiger charge is -2.24. The number of methoxy groups -OCH3 is 1. The second kappa shape index (κ2) is 11.2. The fourth-order valence-corrected chi connectivity index (χ4v) is 3.74. The smallest absolute Gasteiger partial charge is 0.227 e. The standard InChI is InChI=1S/C22H34N4O3/c1-23-22(26-10-9-18(15-26)16-29-12-11-28-2)24-14-17-5-3-8-20(13-17)25-21(27)19-6-4-7-19/h3,5,8,13,18-19H,4,6-7,9-12,14-16H2,1-2H3,(H,23,24)(H,25,27). The van der Waals surface area contributed by atoms with Gasteiger partial charge in [-0.1, -0.05) is 18.6 Å². The molecule has 1 unspecified atom stereocenters. The predicted molar refractivity (Wildman–Crippen MR) is 115 cm³/mol. The number of benzene rings is 1. The van der Waals surface area contributed by atoms with Crippen molar-refractivity contribution in [1.29, 1.82) is 0 Å². The first kappa shape index (κ1) is 21.6. The minimum absolute atomic E-state index is 0.146. The Morgan fingerprint density at radius 2 is 2.14 bits per heavy atom. The molecule has 1 aliphatic heterocycles. The van der Waals surface area contributed by atoms with Crippen LogP contribution in [0.3, 0.4) is 0 Å². The summed E-state index contributed by atoms with van der Waals surface area (Å²) >= 11 is 0. The Morgan fingerprint density at radius 3 is 2.86 bits per heavy atom. The van der Waals surface area contributed by atoms with Gasteiger partial charge in [-0.2, -0.15) is 0 Å². The van der Waals surface area contributed by atoms with E-state index in [4.69, 9.17) is 9.47 Å². The van der Waals surface area contributed by atoms with Crippen molar-refractivity contribution >= 4 is 17.6 Å². The Labute approximate surface area is 173 Å². The zero-order valence-corrected chi connectivity index (χ0v) is 17.7. The molecule has 1 saturated heterocycles. The highest BCUT2D eigenvalue weighted by Gasteiger charge is 2.26. The first-order valence-electron chi connectivity index (χ1n) is 10.6. The van der Waals surface area contributed by atoms with Crippen LogP contribution >= 0.6 is 0 Å². The molecule has 1 atom stereocenters. The van der Waals surface area contributed by atoms with Gasteiger partial charge >= 0.3 is 0 Å². The summed E-state index contributed by atoms with van der Waals surface area (Å²) in [6.45, 7) is 4.65. The van der Waals surface area contributed by atoms with Gasteiger partial charge in [0.25, 0.3) is 0 Å². The molecule has 7 heteroatoms. The van der Waals surface area contributed by atoms with Gasteiger partial charge in [-0.25, -0.2) is 0 Å². The number of guanidine groups is 1. The van der Waals surface area contributed by atoms with E-state index in [-0.39, 0.29) is 11.8 Å². The van der Waals surface area contributed by atoms with Gasteiger partial charge in [0.1, 0.15) is 0 Å². The Balaban J connectivity index is 1.44. The monoisotopic (exact) mass is 402 g/mol. The third-order valence-electron chi connectivity index (χ3n) is 5.70. The van der Waals surface area contributed by atoms with Gasteiger partial charge in [0.2, 0.25) is 5.91 Å². The van der Waals surface area contributed by atoms with Crippen molar-refractivity contribution in [1.82, 2.24) is 10.2 Å². The largest absolute Gasteiger partial charge is 0.382 e. The second-order valence-corrected chi connectivity index (χ2v) is 7.89. The van der Waals surface area contributed by atoms with Crippen molar-refractivity contribution < 1.29 is 14.3 Å². The first-order chi connectivity index (χ1) is 14.2. The number of rotatable bonds is 9. The van der Waals surface area contributed by atoms with E-state index in [0.717, 1.165) is 62.6 Å². The average molecular weight is 403 g/mol. The lowest BCUT2D eigenvalue weighted by molar-refractivity contribution is -0.122. The van der Waals surface area contributed by atoms with E-state index < -0.39 is 0 Å². The Hall–Kier alpha value is -2.12. The van der Waals surface area contributed by atoms with Crippen molar-refractivity contribution in [2.75, 3.05) is 52.4 Å². The molecule has 0 aromatic heterocycles. The van der Waals surface area contributed by atoms with Gasteiger partial charge in [-0.15, -0.1) is 0 Å². The van der Waals surface area contributed by atoms with E-state index in [1.807, 2.05) is 25.2 Å². The number of hydrogen-bond donors (Lipinski definition) is 2. The predicted octanol–water partition coefficient (Wildman–Crippen LogP) is 2.49. The number of anilines is 1. The van der Waals surface area contributed by atoms with Crippen LogP contribution in [0.2, 0.25) is 0 Å². The van der Waals surface area contributed by atoms with Crippen molar-refractivity contribution in [2.45, 2.75) is 32.2 Å². The number of carbonyl (C=O) groups excluding carboxylic acids is 1. The number of carbonyl (C=O) groups is 1. The molecule has 2 N–H and O–H groups in total. The summed E-state index contributed by atoms with van der Waals surface area (Å²) in [5.41, 5.74) is 1.99. The van der Waals surface area contributed by atoms with Crippen LogP contribution in [0.15, 0.2) is 29.3 Å². The van der Waals surface area contributed by atoms with E-state index in [2.05, 4.69) is 26.6 Å². The third kappa shape index (κ3) is 6.44. The molecule has 0 spiro atoms. The number of amides is 1. The van der Waals surface area contributed by atoms with Gasteiger partial charge < -0.3 is 25.0 Å². The van der Waals surface area contributed by atoms with Gasteiger partial charge in [0.05, 0.1) is 19.8 Å². The third-order valence-corrected chi connectivity index (χ3v) is 5.70. The molecule has 3 rings (SSSR count). The lowest BCUT2D eigenvalue weighted by Crippen LogP contribution is -2.39. The van der Waals surface area contributed by atoms with Gasteiger partial charge in [-0.3, -0.25) is 9.79 Å². The van der Waals surface area contributed by atoms with E-state index in [1.54, 1.807) is 7.11 Å². The Bertz CT molecular complexity index is 690. The Morgan fingerprint density at radius 1 is 1.28 bits per heavy atom. The highest BCUT2D eigenvalue weighted by molar-refractivity contribution is 5.93. The number of nitrogens with zero attached hydrogens (tertiary/aromatic N) is 2.